The number of esters is 1. The van der Waals surface area contributed by atoms with Crippen LogP contribution < -0.4 is 4.74 Å². The summed E-state index contributed by atoms with van der Waals surface area (Å²) in [5.41, 5.74) is 4.64. The Bertz CT molecular complexity index is 848. The first-order valence-electron chi connectivity index (χ1n) is 7.33. The summed E-state index contributed by atoms with van der Waals surface area (Å²) in [6, 6.07) is 13.4. The number of hydrogen-bond donors (Lipinski definition) is 0. The molecule has 5 heteroatoms. The van der Waals surface area contributed by atoms with Gasteiger partial charge in [-0.05, 0) is 37.1 Å². The van der Waals surface area contributed by atoms with Crippen molar-refractivity contribution in [3.63, 3.8) is 0 Å². The number of aromatic nitrogens is 3. The highest BCUT2D eigenvalue weighted by Gasteiger charge is 2.13. The number of hydrogen-bond acceptors (Lipinski definition) is 4. The number of ether oxygens (including phenoxy) is 1. The van der Waals surface area contributed by atoms with E-state index < -0.39 is 0 Å². The highest BCUT2D eigenvalue weighted by Crippen LogP contribution is 2.29. The predicted octanol–water partition coefficient (Wildman–Crippen LogP) is 3.48. The van der Waals surface area contributed by atoms with Crippen molar-refractivity contribution < 1.29 is 9.53 Å². The number of aryl methyl sites for hydroxylation is 2. The first-order valence-corrected chi connectivity index (χ1v) is 7.33. The normalized spacial score (nSPS) is 10.6. The van der Waals surface area contributed by atoms with Gasteiger partial charge in [-0.3, -0.25) is 4.79 Å². The molecule has 116 valence electrons. The maximum absolute atomic E-state index is 11.2. The van der Waals surface area contributed by atoms with Gasteiger partial charge in [-0.1, -0.05) is 35.5 Å². The summed E-state index contributed by atoms with van der Waals surface area (Å²) in [6.45, 7) is 5.46. The first-order chi connectivity index (χ1) is 11.1. The highest BCUT2D eigenvalue weighted by atomic mass is 16.5. The first kappa shape index (κ1) is 15.0. The lowest BCUT2D eigenvalue weighted by molar-refractivity contribution is -0.131. The molecular formula is C18H17N3O2. The summed E-state index contributed by atoms with van der Waals surface area (Å²) < 4.78 is 7.00. The van der Waals surface area contributed by atoms with E-state index in [1.54, 1.807) is 10.7 Å². The molecule has 0 atom stereocenters. The molecule has 1 aromatic heterocycles. The average molecular weight is 307 g/mol. The highest BCUT2D eigenvalue weighted by molar-refractivity contribution is 5.75. The Morgan fingerprint density at radius 1 is 1.04 bits per heavy atom. The molecule has 3 aromatic rings. The summed E-state index contributed by atoms with van der Waals surface area (Å²) in [7, 11) is 0. The van der Waals surface area contributed by atoms with Gasteiger partial charge >= 0.3 is 5.97 Å². The quantitative estimate of drug-likeness (QED) is 0.549. The maximum atomic E-state index is 11.2. The van der Waals surface area contributed by atoms with Crippen molar-refractivity contribution in [2.45, 2.75) is 20.8 Å². The lowest BCUT2D eigenvalue weighted by Crippen LogP contribution is -2.02. The van der Waals surface area contributed by atoms with Gasteiger partial charge in [0.2, 0.25) is 0 Å². The fraction of sp³-hybridized carbons (Fsp3) is 0.167. The molecule has 0 radical (unpaired) electrons. The molecule has 0 unspecified atom stereocenters. The molecule has 0 N–H and O–H groups in total. The van der Waals surface area contributed by atoms with E-state index in [0.29, 0.717) is 11.4 Å². The summed E-state index contributed by atoms with van der Waals surface area (Å²) >= 11 is 0. The number of benzene rings is 2. The second-order valence-corrected chi connectivity index (χ2v) is 5.38. The molecule has 0 aliphatic rings. The number of rotatable bonds is 3. The summed E-state index contributed by atoms with van der Waals surface area (Å²) in [6.07, 6.45) is 1.84. The smallest absolute Gasteiger partial charge is 0.308 e. The van der Waals surface area contributed by atoms with E-state index in [0.717, 1.165) is 22.4 Å². The Morgan fingerprint density at radius 3 is 2.43 bits per heavy atom. The molecule has 0 fully saturated rings. The van der Waals surface area contributed by atoms with Crippen molar-refractivity contribution in [2.75, 3.05) is 0 Å². The molecule has 0 aliphatic heterocycles. The van der Waals surface area contributed by atoms with Crippen LogP contribution in [0, 0.1) is 13.8 Å². The fourth-order valence-electron chi connectivity index (χ4n) is 2.59. The zero-order chi connectivity index (χ0) is 16.4. The van der Waals surface area contributed by atoms with Crippen LogP contribution in [0.15, 0.2) is 48.7 Å². The molecule has 23 heavy (non-hydrogen) atoms. The molecule has 0 aliphatic carbocycles. The Kier molecular flexibility index (Phi) is 3.93. The molecule has 0 saturated carbocycles. The van der Waals surface area contributed by atoms with Gasteiger partial charge in [-0.2, -0.15) is 0 Å². The van der Waals surface area contributed by atoms with E-state index in [1.807, 2.05) is 56.4 Å². The third-order valence-corrected chi connectivity index (χ3v) is 3.58. The van der Waals surface area contributed by atoms with E-state index in [9.17, 15) is 4.79 Å². The molecular weight excluding hydrogens is 290 g/mol. The van der Waals surface area contributed by atoms with Crippen molar-refractivity contribution in [1.82, 2.24) is 15.0 Å². The minimum Gasteiger partial charge on any atom is -0.426 e. The molecule has 0 bridgehead atoms. The van der Waals surface area contributed by atoms with Crippen LogP contribution in [0.4, 0.5) is 0 Å². The Hall–Kier alpha value is -2.95. The Labute approximate surface area is 134 Å². The van der Waals surface area contributed by atoms with E-state index in [-0.39, 0.29) is 5.97 Å². The maximum Gasteiger partial charge on any atom is 0.308 e. The minimum absolute atomic E-state index is 0.361. The Morgan fingerprint density at radius 2 is 1.74 bits per heavy atom. The third kappa shape index (κ3) is 2.99. The van der Waals surface area contributed by atoms with Crippen LogP contribution in [0.25, 0.3) is 16.9 Å². The number of para-hydroxylation sites is 2. The van der Waals surface area contributed by atoms with Gasteiger partial charge in [-0.25, -0.2) is 4.68 Å². The van der Waals surface area contributed by atoms with E-state index >= 15 is 0 Å². The third-order valence-electron chi connectivity index (χ3n) is 3.58. The monoisotopic (exact) mass is 307 g/mol. The summed E-state index contributed by atoms with van der Waals surface area (Å²) in [5, 5.41) is 8.47. The van der Waals surface area contributed by atoms with Crippen molar-refractivity contribution >= 4 is 5.97 Å². The van der Waals surface area contributed by atoms with Crippen LogP contribution in [0.2, 0.25) is 0 Å². The molecule has 2 aromatic carbocycles. The lowest BCUT2D eigenvalue weighted by Gasteiger charge is -2.08. The minimum atomic E-state index is -0.361. The molecule has 1 heterocycles. The van der Waals surface area contributed by atoms with E-state index in [2.05, 4.69) is 10.3 Å². The van der Waals surface area contributed by atoms with Gasteiger partial charge in [0.25, 0.3) is 0 Å². The predicted molar refractivity (Wildman–Crippen MR) is 87.6 cm³/mol. The van der Waals surface area contributed by atoms with Gasteiger partial charge in [0.1, 0.15) is 11.4 Å². The number of carbonyl (C=O) groups excluding carboxylic acids is 1. The largest absolute Gasteiger partial charge is 0.426 e. The number of carbonyl (C=O) groups is 1. The summed E-state index contributed by atoms with van der Waals surface area (Å²) in [5.74, 6) is 0.119. The number of nitrogens with zero attached hydrogens (tertiary/aromatic N) is 3. The van der Waals surface area contributed by atoms with Crippen molar-refractivity contribution in [2.24, 2.45) is 0 Å². The Balaban J connectivity index is 2.05. The molecule has 3 rings (SSSR count). The average Bonchev–Trinajstić information content (AvgIpc) is 2.96. The topological polar surface area (TPSA) is 57.0 Å². The summed E-state index contributed by atoms with van der Waals surface area (Å²) in [4.78, 5) is 11.2. The zero-order valence-electron chi connectivity index (χ0n) is 13.3. The van der Waals surface area contributed by atoms with Gasteiger partial charge in [0.15, 0.2) is 0 Å². The SMILES string of the molecule is CC(=O)Oc1ccccc1-c1cn(-c2c(C)cccc2C)nn1. The van der Waals surface area contributed by atoms with Gasteiger partial charge < -0.3 is 4.74 Å². The van der Waals surface area contributed by atoms with Crippen molar-refractivity contribution in [1.29, 1.82) is 0 Å². The van der Waals surface area contributed by atoms with Crippen LogP contribution >= 0.6 is 0 Å². The fourth-order valence-corrected chi connectivity index (χ4v) is 2.59. The van der Waals surface area contributed by atoms with E-state index in [4.69, 9.17) is 4.74 Å². The second kappa shape index (κ2) is 6.04. The molecule has 0 spiro atoms. The van der Waals surface area contributed by atoms with E-state index in [1.165, 1.54) is 6.92 Å². The lowest BCUT2D eigenvalue weighted by atomic mass is 10.1. The van der Waals surface area contributed by atoms with Gasteiger partial charge in [0, 0.05) is 12.5 Å². The molecule has 0 amide bonds. The van der Waals surface area contributed by atoms with Gasteiger partial charge in [-0.15, -0.1) is 5.10 Å². The zero-order valence-corrected chi connectivity index (χ0v) is 13.3. The molecule has 0 saturated heterocycles. The van der Waals surface area contributed by atoms with Crippen LogP contribution in [0.5, 0.6) is 5.75 Å². The van der Waals surface area contributed by atoms with Gasteiger partial charge in [0.05, 0.1) is 11.9 Å². The van der Waals surface area contributed by atoms with Crippen LogP contribution in [0.1, 0.15) is 18.1 Å². The van der Waals surface area contributed by atoms with Crippen molar-refractivity contribution in [3.8, 4) is 22.7 Å². The second-order valence-electron chi connectivity index (χ2n) is 5.38. The standard InChI is InChI=1S/C18H17N3O2/c1-12-7-6-8-13(2)18(12)21-11-16(19-20-21)15-9-4-5-10-17(15)23-14(3)22/h4-11H,1-3H3. The van der Waals surface area contributed by atoms with Crippen LogP contribution in [0.3, 0.4) is 0 Å². The molecule has 5 nitrogen and oxygen atoms in total. The van der Waals surface area contributed by atoms with Crippen molar-refractivity contribution in [3.05, 3.63) is 59.8 Å². The van der Waals surface area contributed by atoms with Crippen LogP contribution in [-0.2, 0) is 4.79 Å². The van der Waals surface area contributed by atoms with Crippen LogP contribution in [-0.4, -0.2) is 21.0 Å².